The van der Waals surface area contributed by atoms with Crippen molar-refractivity contribution in [3.05, 3.63) is 0 Å². The van der Waals surface area contributed by atoms with E-state index in [0.717, 1.165) is 12.8 Å². The third-order valence-electron chi connectivity index (χ3n) is 5.67. The van der Waals surface area contributed by atoms with Gasteiger partial charge in [-0.1, -0.05) is 20.3 Å². The zero-order valence-corrected chi connectivity index (χ0v) is 18.3. The number of esters is 1. The molecule has 0 aliphatic heterocycles. The van der Waals surface area contributed by atoms with Crippen molar-refractivity contribution >= 4 is 23.3 Å². The second kappa shape index (κ2) is 13.6. The molecule has 0 aromatic heterocycles. The molecule has 6 heteroatoms. The van der Waals surface area contributed by atoms with E-state index >= 15 is 0 Å². The van der Waals surface area contributed by atoms with Crippen molar-refractivity contribution in [1.29, 1.82) is 0 Å². The van der Waals surface area contributed by atoms with Crippen molar-refractivity contribution < 1.29 is 29.0 Å². The fourth-order valence-electron chi connectivity index (χ4n) is 4.01. The first kappa shape index (κ1) is 25.5. The van der Waals surface area contributed by atoms with Gasteiger partial charge in [-0.3, -0.25) is 19.2 Å². The van der Waals surface area contributed by atoms with Crippen LogP contribution in [0.3, 0.4) is 0 Å². The Labute approximate surface area is 174 Å². The van der Waals surface area contributed by atoms with Gasteiger partial charge in [0.1, 0.15) is 17.3 Å². The van der Waals surface area contributed by atoms with Crippen molar-refractivity contribution in [3.63, 3.8) is 0 Å². The molecule has 3 atom stereocenters. The van der Waals surface area contributed by atoms with Crippen molar-refractivity contribution in [1.82, 2.24) is 0 Å². The number of rotatable bonds is 15. The van der Waals surface area contributed by atoms with Crippen LogP contribution in [0.4, 0.5) is 0 Å². The lowest BCUT2D eigenvalue weighted by atomic mass is 9.84. The number of hydrogen-bond acceptors (Lipinski definition) is 6. The Balaban J connectivity index is 2.39. The van der Waals surface area contributed by atoms with E-state index < -0.39 is 12.0 Å². The van der Waals surface area contributed by atoms with E-state index in [1.54, 1.807) is 6.92 Å². The minimum absolute atomic E-state index is 0.0189. The van der Waals surface area contributed by atoms with Crippen molar-refractivity contribution in [2.45, 2.75) is 97.5 Å². The minimum Gasteiger partial charge on any atom is -0.466 e. The van der Waals surface area contributed by atoms with Gasteiger partial charge in [0.2, 0.25) is 0 Å². The van der Waals surface area contributed by atoms with E-state index in [9.17, 15) is 24.3 Å². The monoisotopic (exact) mass is 410 g/mol. The zero-order valence-electron chi connectivity index (χ0n) is 18.3. The average Bonchev–Trinajstić information content (AvgIpc) is 2.90. The molecule has 0 bridgehead atoms. The lowest BCUT2D eigenvalue weighted by molar-refractivity contribution is -0.143. The van der Waals surface area contributed by atoms with Gasteiger partial charge in [-0.25, -0.2) is 0 Å². The molecular weight excluding hydrogens is 372 g/mol. The van der Waals surface area contributed by atoms with Crippen molar-refractivity contribution in [2.24, 2.45) is 17.8 Å². The Morgan fingerprint density at radius 1 is 1.03 bits per heavy atom. The van der Waals surface area contributed by atoms with E-state index in [4.69, 9.17) is 4.74 Å². The van der Waals surface area contributed by atoms with Crippen LogP contribution < -0.4 is 0 Å². The van der Waals surface area contributed by atoms with Crippen LogP contribution in [0.25, 0.3) is 0 Å². The van der Waals surface area contributed by atoms with Gasteiger partial charge in [-0.2, -0.15) is 0 Å². The van der Waals surface area contributed by atoms with E-state index in [-0.39, 0.29) is 42.1 Å². The van der Waals surface area contributed by atoms with E-state index in [1.165, 1.54) is 0 Å². The second-order valence-corrected chi connectivity index (χ2v) is 8.63. The van der Waals surface area contributed by atoms with Crippen molar-refractivity contribution in [3.8, 4) is 0 Å². The Morgan fingerprint density at radius 3 is 2.34 bits per heavy atom. The molecule has 1 rings (SSSR count). The Morgan fingerprint density at radius 2 is 1.69 bits per heavy atom. The topological polar surface area (TPSA) is 97.7 Å². The molecule has 1 aliphatic rings. The van der Waals surface area contributed by atoms with Gasteiger partial charge < -0.3 is 9.84 Å². The number of carbonyl (C=O) groups is 4. The van der Waals surface area contributed by atoms with Crippen LogP contribution in [-0.2, 0) is 23.9 Å². The van der Waals surface area contributed by atoms with E-state index in [1.807, 2.05) is 0 Å². The summed E-state index contributed by atoms with van der Waals surface area (Å²) in [5.74, 6) is -0.395. The number of unbranched alkanes of at least 4 members (excludes halogenated alkanes) is 1. The largest absolute Gasteiger partial charge is 0.466 e. The molecule has 0 radical (unpaired) electrons. The molecule has 1 saturated carbocycles. The van der Waals surface area contributed by atoms with Crippen LogP contribution in [0.1, 0.15) is 91.4 Å². The Bertz CT molecular complexity index is 554. The van der Waals surface area contributed by atoms with Crippen molar-refractivity contribution in [2.75, 3.05) is 6.61 Å². The van der Waals surface area contributed by atoms with Gasteiger partial charge in [0, 0.05) is 44.4 Å². The Hall–Kier alpha value is -1.56. The highest BCUT2D eigenvalue weighted by molar-refractivity contribution is 5.90. The summed E-state index contributed by atoms with van der Waals surface area (Å²) in [4.78, 5) is 48.0. The third-order valence-corrected chi connectivity index (χ3v) is 5.67. The standard InChI is InChI=1S/C23H38O6/c1-4-29-23(28)11-6-5-9-18(25)14-20-19(21(26)15-22(20)27)13-12-17(24)10-7-8-16(2)3/h16,19-21,26H,4-15H2,1-3H3/t19-,20-,21+/m1/s1. The minimum atomic E-state index is -0.757. The van der Waals surface area contributed by atoms with Crippen LogP contribution in [0.5, 0.6) is 0 Å². The first-order valence-corrected chi connectivity index (χ1v) is 11.1. The quantitative estimate of drug-likeness (QED) is 0.326. The predicted octanol–water partition coefficient (Wildman–Crippen LogP) is 3.81. The first-order chi connectivity index (χ1) is 13.7. The molecule has 0 saturated heterocycles. The van der Waals surface area contributed by atoms with Gasteiger partial charge in [0.05, 0.1) is 12.7 Å². The number of ether oxygens (including phenoxy) is 1. The molecule has 0 aromatic carbocycles. The molecule has 1 aliphatic carbocycles. The molecule has 0 spiro atoms. The summed E-state index contributed by atoms with van der Waals surface area (Å²) in [5.41, 5.74) is 0. The highest BCUT2D eigenvalue weighted by Gasteiger charge is 2.41. The number of aliphatic hydroxyl groups is 1. The maximum atomic E-state index is 12.3. The fraction of sp³-hybridized carbons (Fsp3) is 0.826. The molecule has 29 heavy (non-hydrogen) atoms. The summed E-state index contributed by atoms with van der Waals surface area (Å²) in [7, 11) is 0. The first-order valence-electron chi connectivity index (χ1n) is 11.1. The fourth-order valence-corrected chi connectivity index (χ4v) is 4.01. The molecule has 0 amide bonds. The van der Waals surface area contributed by atoms with Gasteiger partial charge in [-0.05, 0) is 44.4 Å². The summed E-state index contributed by atoms with van der Waals surface area (Å²) in [5, 5.41) is 10.2. The normalized spacial score (nSPS) is 21.6. The summed E-state index contributed by atoms with van der Waals surface area (Å²) in [6, 6.07) is 0. The van der Waals surface area contributed by atoms with Crippen LogP contribution in [0, 0.1) is 17.8 Å². The van der Waals surface area contributed by atoms with Crippen LogP contribution >= 0.6 is 0 Å². The van der Waals surface area contributed by atoms with Gasteiger partial charge >= 0.3 is 5.97 Å². The molecule has 1 fully saturated rings. The van der Waals surface area contributed by atoms with Crippen LogP contribution in [0.15, 0.2) is 0 Å². The maximum absolute atomic E-state index is 12.3. The van der Waals surface area contributed by atoms with E-state index in [0.29, 0.717) is 57.5 Å². The molecule has 1 N–H and O–H groups in total. The highest BCUT2D eigenvalue weighted by atomic mass is 16.5. The number of ketones is 3. The smallest absolute Gasteiger partial charge is 0.305 e. The summed E-state index contributed by atoms with van der Waals surface area (Å²) < 4.78 is 4.85. The number of carbonyl (C=O) groups excluding carboxylic acids is 4. The van der Waals surface area contributed by atoms with E-state index in [2.05, 4.69) is 13.8 Å². The molecule has 166 valence electrons. The average molecular weight is 411 g/mol. The van der Waals surface area contributed by atoms with Gasteiger partial charge in [-0.15, -0.1) is 0 Å². The highest BCUT2D eigenvalue weighted by Crippen LogP contribution is 2.35. The number of Topliss-reactive ketones (excluding diaryl/α,β-unsaturated/α-hetero) is 3. The zero-order chi connectivity index (χ0) is 21.8. The number of aliphatic hydroxyl groups excluding tert-OH is 1. The second-order valence-electron chi connectivity index (χ2n) is 8.63. The van der Waals surface area contributed by atoms with Gasteiger partial charge in [0.15, 0.2) is 0 Å². The lowest BCUT2D eigenvalue weighted by Crippen LogP contribution is -2.24. The summed E-state index contributed by atoms with van der Waals surface area (Å²) in [6.45, 7) is 6.36. The lowest BCUT2D eigenvalue weighted by Gasteiger charge is -2.20. The summed E-state index contributed by atoms with van der Waals surface area (Å²) >= 11 is 0. The predicted molar refractivity (Wildman–Crippen MR) is 110 cm³/mol. The SMILES string of the molecule is CCOC(=O)CCCCC(=O)C[C@H]1C(=O)C[C@H](O)[C@@H]1CCC(=O)CCCC(C)C. The third kappa shape index (κ3) is 10.2. The Kier molecular flexibility index (Phi) is 12.0. The number of hydrogen-bond donors (Lipinski definition) is 1. The van der Waals surface area contributed by atoms with Crippen LogP contribution in [0.2, 0.25) is 0 Å². The molecule has 6 nitrogen and oxygen atoms in total. The van der Waals surface area contributed by atoms with Gasteiger partial charge in [0.25, 0.3) is 0 Å². The molecule has 0 unspecified atom stereocenters. The van der Waals surface area contributed by atoms with Crippen LogP contribution in [-0.4, -0.2) is 41.1 Å². The molecule has 0 heterocycles. The molecular formula is C23H38O6. The molecule has 0 aromatic rings. The maximum Gasteiger partial charge on any atom is 0.305 e. The summed E-state index contributed by atoms with van der Waals surface area (Å²) in [6.07, 6.45) is 4.48.